The molecule has 26 heavy (non-hydrogen) atoms. The van der Waals surface area contributed by atoms with Crippen LogP contribution in [0.25, 0.3) is 0 Å². The number of ether oxygens (including phenoxy) is 1. The van der Waals surface area contributed by atoms with Gasteiger partial charge in [-0.1, -0.05) is 35.5 Å². The minimum absolute atomic E-state index is 0.181. The fraction of sp³-hybridized carbons (Fsp3) is 0.200. The van der Waals surface area contributed by atoms with Gasteiger partial charge >= 0.3 is 6.03 Å². The Labute approximate surface area is 152 Å². The molecule has 6 nitrogen and oxygen atoms in total. The molecule has 0 saturated carbocycles. The van der Waals surface area contributed by atoms with Gasteiger partial charge in [0.1, 0.15) is 23.0 Å². The molecule has 3 rings (SSSR count). The van der Waals surface area contributed by atoms with Crippen LogP contribution >= 0.6 is 0 Å². The lowest BCUT2D eigenvalue weighted by atomic mass is 10.2. The van der Waals surface area contributed by atoms with Crippen LogP contribution in [0, 0.1) is 6.92 Å². The molecule has 0 radical (unpaired) electrons. The van der Waals surface area contributed by atoms with Gasteiger partial charge in [0.15, 0.2) is 0 Å². The van der Waals surface area contributed by atoms with Crippen molar-refractivity contribution in [3.8, 4) is 11.5 Å². The summed E-state index contributed by atoms with van der Waals surface area (Å²) in [6, 6.07) is 18.9. The molecule has 0 bridgehead atoms. The summed E-state index contributed by atoms with van der Waals surface area (Å²) in [5.74, 6) is 2.23. The van der Waals surface area contributed by atoms with Crippen LogP contribution in [-0.4, -0.2) is 23.1 Å². The Kier molecular flexibility index (Phi) is 5.53. The van der Waals surface area contributed by atoms with Gasteiger partial charge in [-0.05, 0) is 36.8 Å². The predicted octanol–water partition coefficient (Wildman–Crippen LogP) is 4.12. The molecule has 3 aromatic rings. The molecule has 0 aliphatic heterocycles. The first-order valence-electron chi connectivity index (χ1n) is 8.33. The Morgan fingerprint density at radius 3 is 2.62 bits per heavy atom. The first kappa shape index (κ1) is 17.5. The minimum atomic E-state index is -0.181. The molecule has 0 aliphatic carbocycles. The van der Waals surface area contributed by atoms with Crippen LogP contribution in [0.15, 0.2) is 65.2 Å². The maximum absolute atomic E-state index is 12.2. The maximum atomic E-state index is 12.2. The van der Waals surface area contributed by atoms with Crippen molar-refractivity contribution in [1.29, 1.82) is 0 Å². The van der Waals surface area contributed by atoms with Crippen LogP contribution in [0.2, 0.25) is 0 Å². The van der Waals surface area contributed by atoms with E-state index in [1.807, 2.05) is 67.6 Å². The number of para-hydroxylation sites is 1. The highest BCUT2D eigenvalue weighted by Gasteiger charge is 2.11. The Balaban J connectivity index is 1.54. The third-order valence-corrected chi connectivity index (χ3v) is 3.74. The predicted molar refractivity (Wildman–Crippen MR) is 97.9 cm³/mol. The number of nitrogens with one attached hydrogen (secondary N) is 1. The van der Waals surface area contributed by atoms with Crippen molar-refractivity contribution < 1.29 is 14.1 Å². The average Bonchev–Trinajstić information content (AvgIpc) is 3.05. The van der Waals surface area contributed by atoms with E-state index in [9.17, 15) is 4.79 Å². The van der Waals surface area contributed by atoms with Crippen molar-refractivity contribution in [2.75, 3.05) is 7.05 Å². The van der Waals surface area contributed by atoms with E-state index in [2.05, 4.69) is 10.5 Å². The van der Waals surface area contributed by atoms with Crippen LogP contribution in [0.5, 0.6) is 11.5 Å². The highest BCUT2D eigenvalue weighted by Crippen LogP contribution is 2.21. The first-order chi connectivity index (χ1) is 12.6. The maximum Gasteiger partial charge on any atom is 0.317 e. The first-order valence-corrected chi connectivity index (χ1v) is 8.33. The summed E-state index contributed by atoms with van der Waals surface area (Å²) in [6.45, 7) is 2.62. The smallest absolute Gasteiger partial charge is 0.317 e. The molecule has 1 heterocycles. The standard InChI is InChI=1S/C20H21N3O3/c1-15-11-17(22-26-15)14-23(2)20(24)21-13-16-7-6-10-19(12-16)25-18-8-4-3-5-9-18/h3-12H,13-14H2,1-2H3,(H,21,24). The normalized spacial score (nSPS) is 10.4. The third kappa shape index (κ3) is 4.86. The number of hydrogen-bond acceptors (Lipinski definition) is 4. The average molecular weight is 351 g/mol. The molecule has 0 unspecified atom stereocenters. The molecule has 0 atom stereocenters. The summed E-state index contributed by atoms with van der Waals surface area (Å²) < 4.78 is 10.8. The Bertz CT molecular complexity index is 862. The second-order valence-electron chi connectivity index (χ2n) is 6.01. The summed E-state index contributed by atoms with van der Waals surface area (Å²) in [6.07, 6.45) is 0. The van der Waals surface area contributed by atoms with Crippen molar-refractivity contribution in [2.24, 2.45) is 0 Å². The van der Waals surface area contributed by atoms with E-state index >= 15 is 0 Å². The van der Waals surface area contributed by atoms with Gasteiger partial charge in [0, 0.05) is 19.7 Å². The molecule has 0 saturated heterocycles. The third-order valence-electron chi connectivity index (χ3n) is 3.74. The largest absolute Gasteiger partial charge is 0.457 e. The lowest BCUT2D eigenvalue weighted by molar-refractivity contribution is 0.205. The van der Waals surface area contributed by atoms with Gasteiger partial charge in [-0.25, -0.2) is 4.79 Å². The number of urea groups is 1. The van der Waals surface area contributed by atoms with Gasteiger partial charge in [-0.2, -0.15) is 0 Å². The molecule has 2 amide bonds. The van der Waals surface area contributed by atoms with Gasteiger partial charge in [-0.3, -0.25) is 0 Å². The SMILES string of the molecule is Cc1cc(CN(C)C(=O)NCc2cccc(Oc3ccccc3)c2)no1. The monoisotopic (exact) mass is 351 g/mol. The van der Waals surface area contributed by atoms with Gasteiger partial charge in [0.25, 0.3) is 0 Å². The zero-order valence-corrected chi connectivity index (χ0v) is 14.8. The number of aryl methyl sites for hydroxylation is 1. The molecular formula is C20H21N3O3. The number of carbonyl (C=O) groups is 1. The van der Waals surface area contributed by atoms with E-state index in [0.717, 1.165) is 28.5 Å². The molecular weight excluding hydrogens is 330 g/mol. The molecule has 1 N–H and O–H groups in total. The number of carbonyl (C=O) groups excluding carboxylic acids is 1. The highest BCUT2D eigenvalue weighted by molar-refractivity contribution is 5.73. The summed E-state index contributed by atoms with van der Waals surface area (Å²) in [4.78, 5) is 13.8. The van der Waals surface area contributed by atoms with Gasteiger partial charge in [0.05, 0.1) is 6.54 Å². The quantitative estimate of drug-likeness (QED) is 0.725. The molecule has 0 aliphatic rings. The number of amides is 2. The second kappa shape index (κ2) is 8.20. The lowest BCUT2D eigenvalue weighted by Gasteiger charge is -2.16. The van der Waals surface area contributed by atoms with E-state index < -0.39 is 0 Å². The topological polar surface area (TPSA) is 67.6 Å². The van der Waals surface area contributed by atoms with Crippen LogP contribution < -0.4 is 10.1 Å². The van der Waals surface area contributed by atoms with Crippen LogP contribution in [0.4, 0.5) is 4.79 Å². The minimum Gasteiger partial charge on any atom is -0.457 e. The van der Waals surface area contributed by atoms with Gasteiger partial charge in [-0.15, -0.1) is 0 Å². The number of benzene rings is 2. The highest BCUT2D eigenvalue weighted by atomic mass is 16.5. The van der Waals surface area contributed by atoms with Crippen molar-refractivity contribution in [3.63, 3.8) is 0 Å². The number of hydrogen-bond donors (Lipinski definition) is 1. The summed E-state index contributed by atoms with van der Waals surface area (Å²) in [5.41, 5.74) is 1.68. The Morgan fingerprint density at radius 1 is 1.12 bits per heavy atom. The molecule has 6 heteroatoms. The molecule has 1 aromatic heterocycles. The van der Waals surface area contributed by atoms with Gasteiger partial charge < -0.3 is 19.5 Å². The van der Waals surface area contributed by atoms with Crippen LogP contribution in [0.1, 0.15) is 17.0 Å². The van der Waals surface area contributed by atoms with Crippen molar-refractivity contribution in [2.45, 2.75) is 20.0 Å². The summed E-state index contributed by atoms with van der Waals surface area (Å²) >= 11 is 0. The Morgan fingerprint density at radius 2 is 1.88 bits per heavy atom. The molecule has 2 aromatic carbocycles. The van der Waals surface area contributed by atoms with Crippen molar-refractivity contribution in [3.05, 3.63) is 77.7 Å². The van der Waals surface area contributed by atoms with E-state index in [0.29, 0.717) is 13.1 Å². The number of rotatable bonds is 6. The molecule has 0 spiro atoms. The van der Waals surface area contributed by atoms with Crippen LogP contribution in [-0.2, 0) is 13.1 Å². The van der Waals surface area contributed by atoms with Gasteiger partial charge in [0.2, 0.25) is 0 Å². The summed E-state index contributed by atoms with van der Waals surface area (Å²) in [7, 11) is 1.72. The van der Waals surface area contributed by atoms with Crippen molar-refractivity contribution in [1.82, 2.24) is 15.4 Å². The van der Waals surface area contributed by atoms with E-state index in [-0.39, 0.29) is 6.03 Å². The fourth-order valence-corrected chi connectivity index (χ4v) is 2.46. The number of nitrogens with zero attached hydrogens (tertiary/aromatic N) is 2. The van der Waals surface area contributed by atoms with E-state index in [1.54, 1.807) is 11.9 Å². The summed E-state index contributed by atoms with van der Waals surface area (Å²) in [5, 5.41) is 6.78. The molecule has 0 fully saturated rings. The Hall–Kier alpha value is -3.28. The fourth-order valence-electron chi connectivity index (χ4n) is 2.46. The zero-order chi connectivity index (χ0) is 18.4. The van der Waals surface area contributed by atoms with E-state index in [4.69, 9.17) is 9.26 Å². The van der Waals surface area contributed by atoms with Crippen LogP contribution in [0.3, 0.4) is 0 Å². The van der Waals surface area contributed by atoms with Crippen molar-refractivity contribution >= 4 is 6.03 Å². The zero-order valence-electron chi connectivity index (χ0n) is 14.8. The lowest BCUT2D eigenvalue weighted by Crippen LogP contribution is -2.36. The molecule has 134 valence electrons. The second-order valence-corrected chi connectivity index (χ2v) is 6.01. The number of aromatic nitrogens is 1. The van der Waals surface area contributed by atoms with E-state index in [1.165, 1.54) is 0 Å².